The number of hydrogen-bond acceptors (Lipinski definition) is 4. The number of amides is 1. The van der Waals surface area contributed by atoms with Crippen molar-refractivity contribution in [1.29, 1.82) is 0 Å². The molecule has 1 aliphatic rings. The fourth-order valence-corrected chi connectivity index (χ4v) is 2.77. The maximum Gasteiger partial charge on any atom is 0.326 e. The fraction of sp³-hybridized carbons (Fsp3) is 0.500. The summed E-state index contributed by atoms with van der Waals surface area (Å²) in [7, 11) is 0. The summed E-state index contributed by atoms with van der Waals surface area (Å²) in [6.45, 7) is 2.06. The first kappa shape index (κ1) is 18.3. The first-order valence-corrected chi connectivity index (χ1v) is 7.91. The summed E-state index contributed by atoms with van der Waals surface area (Å²) < 4.78 is 27.9. The van der Waals surface area contributed by atoms with E-state index in [9.17, 15) is 23.5 Å². The number of halogens is 2. The van der Waals surface area contributed by atoms with Crippen LogP contribution >= 0.6 is 0 Å². The second-order valence-electron chi connectivity index (χ2n) is 5.79. The van der Waals surface area contributed by atoms with Gasteiger partial charge in [0, 0.05) is 12.1 Å². The maximum atomic E-state index is 14.0. The summed E-state index contributed by atoms with van der Waals surface area (Å²) in [6, 6.07) is 1.57. The van der Waals surface area contributed by atoms with Gasteiger partial charge in [0.2, 0.25) is 5.91 Å². The van der Waals surface area contributed by atoms with Crippen LogP contribution in [0, 0.1) is 17.6 Å². The van der Waals surface area contributed by atoms with Gasteiger partial charge in [-0.1, -0.05) is 25.8 Å². The van der Waals surface area contributed by atoms with E-state index in [1.165, 1.54) is 6.07 Å². The van der Waals surface area contributed by atoms with Gasteiger partial charge in [-0.05, 0) is 18.6 Å². The van der Waals surface area contributed by atoms with Crippen LogP contribution < -0.4 is 16.2 Å². The molecule has 24 heavy (non-hydrogen) atoms. The Labute approximate surface area is 138 Å². The molecule has 3 unspecified atom stereocenters. The molecule has 0 bridgehead atoms. The minimum atomic E-state index is -1.12. The third-order valence-corrected chi connectivity index (χ3v) is 4.09. The highest BCUT2D eigenvalue weighted by Crippen LogP contribution is 2.29. The normalized spacial score (nSPS) is 21.5. The second kappa shape index (κ2) is 8.16. The van der Waals surface area contributed by atoms with Crippen LogP contribution in [0.15, 0.2) is 18.2 Å². The van der Waals surface area contributed by atoms with Crippen molar-refractivity contribution >= 4 is 11.9 Å². The van der Waals surface area contributed by atoms with E-state index in [4.69, 9.17) is 0 Å². The van der Waals surface area contributed by atoms with Gasteiger partial charge in [0.25, 0.3) is 0 Å². The molecule has 2 rings (SSSR count). The van der Waals surface area contributed by atoms with Crippen molar-refractivity contribution in [3.63, 3.8) is 0 Å². The Bertz CT molecular complexity index is 592. The smallest absolute Gasteiger partial charge is 0.326 e. The molecule has 0 saturated carbocycles. The number of rotatable bonds is 7. The number of carboxylic acid groups (broad SMARTS) is 1. The van der Waals surface area contributed by atoms with Crippen LogP contribution in [0.25, 0.3) is 0 Å². The lowest BCUT2D eigenvalue weighted by molar-refractivity contribution is -0.142. The van der Waals surface area contributed by atoms with Crippen LogP contribution in [0.3, 0.4) is 0 Å². The molecule has 132 valence electrons. The van der Waals surface area contributed by atoms with E-state index in [0.29, 0.717) is 12.8 Å². The van der Waals surface area contributed by atoms with Crippen LogP contribution in [0.1, 0.15) is 37.8 Å². The Morgan fingerprint density at radius 1 is 1.38 bits per heavy atom. The highest BCUT2D eigenvalue weighted by atomic mass is 19.1. The number of carboxylic acids is 1. The number of nitrogens with one attached hydrogen (secondary N) is 3. The van der Waals surface area contributed by atoms with Crippen molar-refractivity contribution in [3.05, 3.63) is 35.4 Å². The minimum Gasteiger partial charge on any atom is -0.480 e. The predicted octanol–water partition coefficient (Wildman–Crippen LogP) is 1.49. The quantitative estimate of drug-likeness (QED) is 0.603. The maximum absolute atomic E-state index is 14.0. The van der Waals surface area contributed by atoms with Crippen molar-refractivity contribution in [2.45, 2.75) is 38.3 Å². The Hall–Kier alpha value is -2.06. The number of hydrazine groups is 1. The van der Waals surface area contributed by atoms with Gasteiger partial charge in [0.1, 0.15) is 17.7 Å². The number of aliphatic carboxylic acids is 1. The van der Waals surface area contributed by atoms with Crippen LogP contribution in [0.2, 0.25) is 0 Å². The fourth-order valence-electron chi connectivity index (χ4n) is 2.77. The number of hydrogen-bond donors (Lipinski definition) is 4. The lowest BCUT2D eigenvalue weighted by atomic mass is 9.93. The topological polar surface area (TPSA) is 90.5 Å². The molecule has 1 aromatic rings. The molecule has 1 heterocycles. The first-order chi connectivity index (χ1) is 11.5. The molecule has 0 radical (unpaired) electrons. The third kappa shape index (κ3) is 4.07. The lowest BCUT2D eigenvalue weighted by Gasteiger charge is -2.22. The van der Waals surface area contributed by atoms with Crippen LogP contribution in [0.4, 0.5) is 8.78 Å². The molecule has 1 saturated heterocycles. The number of carbonyl (C=O) groups excluding carboxylic acids is 1. The Morgan fingerprint density at radius 2 is 2.04 bits per heavy atom. The van der Waals surface area contributed by atoms with Crippen molar-refractivity contribution in [2.24, 2.45) is 5.92 Å². The monoisotopic (exact) mass is 341 g/mol. The molecule has 1 fully saturated rings. The first-order valence-electron chi connectivity index (χ1n) is 7.91. The summed E-state index contributed by atoms with van der Waals surface area (Å²) in [4.78, 5) is 23.7. The van der Waals surface area contributed by atoms with Gasteiger partial charge in [-0.3, -0.25) is 10.2 Å². The molecule has 8 heteroatoms. The predicted molar refractivity (Wildman–Crippen MR) is 82.8 cm³/mol. The van der Waals surface area contributed by atoms with Gasteiger partial charge in [-0.2, -0.15) is 0 Å². The molecular formula is C16H21F2N3O3. The SMILES string of the molecule is CCCCC(NC(=O)C1CNNC1c1c(F)cccc1F)C(=O)O. The molecule has 0 aromatic heterocycles. The summed E-state index contributed by atoms with van der Waals surface area (Å²) >= 11 is 0. The largest absolute Gasteiger partial charge is 0.480 e. The highest BCUT2D eigenvalue weighted by Gasteiger charge is 2.38. The van der Waals surface area contributed by atoms with E-state index in [2.05, 4.69) is 16.2 Å². The zero-order valence-corrected chi connectivity index (χ0v) is 13.3. The van der Waals surface area contributed by atoms with E-state index < -0.39 is 41.5 Å². The minimum absolute atomic E-state index is 0.143. The van der Waals surface area contributed by atoms with Crippen LogP contribution in [0.5, 0.6) is 0 Å². The molecular weight excluding hydrogens is 320 g/mol. The van der Waals surface area contributed by atoms with Gasteiger partial charge in [0.05, 0.1) is 12.0 Å². The average Bonchev–Trinajstić information content (AvgIpc) is 3.00. The molecule has 1 amide bonds. The molecule has 1 aliphatic heterocycles. The standard InChI is InChI=1S/C16H21F2N3O3/c1-2-3-7-12(16(23)24)20-15(22)9-8-19-21-14(9)13-10(17)5-4-6-11(13)18/h4-6,9,12,14,19,21H,2-3,7-8H2,1H3,(H,20,22)(H,23,24). The zero-order valence-electron chi connectivity index (χ0n) is 13.3. The van der Waals surface area contributed by atoms with E-state index in [1.54, 1.807) is 0 Å². The molecule has 1 aromatic carbocycles. The van der Waals surface area contributed by atoms with Crippen LogP contribution in [-0.2, 0) is 9.59 Å². The Balaban J connectivity index is 2.14. The average molecular weight is 341 g/mol. The molecule has 0 aliphatic carbocycles. The molecule has 0 spiro atoms. The number of unbranched alkanes of at least 4 members (excludes halogenated alkanes) is 1. The van der Waals surface area contributed by atoms with Gasteiger partial charge in [-0.25, -0.2) is 19.0 Å². The summed E-state index contributed by atoms with van der Waals surface area (Å²) in [5.41, 5.74) is 5.17. The number of carbonyl (C=O) groups is 2. The second-order valence-corrected chi connectivity index (χ2v) is 5.79. The van der Waals surface area contributed by atoms with Crippen molar-refractivity contribution < 1.29 is 23.5 Å². The Kier molecular flexibility index (Phi) is 6.22. The van der Waals surface area contributed by atoms with Crippen molar-refractivity contribution in [3.8, 4) is 0 Å². The van der Waals surface area contributed by atoms with Crippen LogP contribution in [-0.4, -0.2) is 29.6 Å². The highest BCUT2D eigenvalue weighted by molar-refractivity contribution is 5.85. The zero-order chi connectivity index (χ0) is 17.7. The van der Waals surface area contributed by atoms with Gasteiger partial charge < -0.3 is 10.4 Å². The molecule has 6 nitrogen and oxygen atoms in total. The Morgan fingerprint density at radius 3 is 2.62 bits per heavy atom. The summed E-state index contributed by atoms with van der Waals surface area (Å²) in [5, 5.41) is 11.7. The van der Waals surface area contributed by atoms with Crippen molar-refractivity contribution in [2.75, 3.05) is 6.54 Å². The van der Waals surface area contributed by atoms with Gasteiger partial charge in [-0.15, -0.1) is 0 Å². The van der Waals surface area contributed by atoms with Gasteiger partial charge >= 0.3 is 5.97 Å². The van der Waals surface area contributed by atoms with E-state index in [-0.39, 0.29) is 12.1 Å². The summed E-state index contributed by atoms with van der Waals surface area (Å²) in [6.07, 6.45) is 1.77. The van der Waals surface area contributed by atoms with Crippen molar-refractivity contribution in [1.82, 2.24) is 16.2 Å². The van der Waals surface area contributed by atoms with E-state index >= 15 is 0 Å². The summed E-state index contributed by atoms with van der Waals surface area (Å²) in [5.74, 6) is -4.00. The molecule has 3 atom stereocenters. The number of benzene rings is 1. The lowest BCUT2D eigenvalue weighted by Crippen LogP contribution is -2.45. The molecule has 4 N–H and O–H groups in total. The third-order valence-electron chi connectivity index (χ3n) is 4.09. The van der Waals surface area contributed by atoms with E-state index in [1.807, 2.05) is 6.92 Å². The van der Waals surface area contributed by atoms with Gasteiger partial charge in [0.15, 0.2) is 0 Å². The van der Waals surface area contributed by atoms with E-state index in [0.717, 1.165) is 18.6 Å².